The van der Waals surface area contributed by atoms with Gasteiger partial charge in [0.05, 0.1) is 35.6 Å². The Balaban J connectivity index is 1.73. The predicted octanol–water partition coefficient (Wildman–Crippen LogP) is 3.52. The van der Waals surface area contributed by atoms with E-state index in [1.807, 2.05) is 6.07 Å². The normalized spacial score (nSPS) is 11.5. The lowest BCUT2D eigenvalue weighted by atomic mass is 10.1. The van der Waals surface area contributed by atoms with Gasteiger partial charge in [-0.25, -0.2) is 9.67 Å². The molecular weight excluding hydrogens is 383 g/mol. The van der Waals surface area contributed by atoms with E-state index in [4.69, 9.17) is 5.26 Å². The first-order valence-electron chi connectivity index (χ1n) is 8.46. The molecule has 9 heteroatoms. The van der Waals surface area contributed by atoms with Crippen molar-refractivity contribution in [3.05, 3.63) is 88.1 Å². The summed E-state index contributed by atoms with van der Waals surface area (Å²) in [5, 5.41) is 13.1. The largest absolute Gasteiger partial charge is 0.416 e. The quantitative estimate of drug-likeness (QED) is 0.532. The molecule has 0 N–H and O–H groups in total. The molecule has 0 radical (unpaired) electrons. The molecule has 0 aliphatic rings. The highest BCUT2D eigenvalue weighted by Crippen LogP contribution is 2.30. The zero-order valence-corrected chi connectivity index (χ0v) is 14.8. The molecule has 0 saturated heterocycles. The maximum atomic E-state index is 13.0. The second-order valence-electron chi connectivity index (χ2n) is 6.33. The fourth-order valence-electron chi connectivity index (χ4n) is 2.95. The molecule has 0 bridgehead atoms. The third-order valence-electron chi connectivity index (χ3n) is 4.41. The van der Waals surface area contributed by atoms with Gasteiger partial charge in [-0.15, -0.1) is 0 Å². The minimum absolute atomic E-state index is 0.159. The van der Waals surface area contributed by atoms with Gasteiger partial charge in [-0.2, -0.15) is 23.5 Å². The number of halogens is 3. The monoisotopic (exact) mass is 395 g/mol. The number of rotatable bonds is 3. The number of fused-ring (bicyclic) bond motifs is 1. The highest BCUT2D eigenvalue weighted by molar-refractivity contribution is 5.75. The Morgan fingerprint density at radius 3 is 2.55 bits per heavy atom. The van der Waals surface area contributed by atoms with Crippen molar-refractivity contribution in [2.45, 2.75) is 12.7 Å². The SMILES string of the molecule is N#Cc1ccc(Cn2cnc3c(cnn3-c3cccc(C(F)(F)F)c3)c2=O)cc1. The molecule has 6 nitrogen and oxygen atoms in total. The summed E-state index contributed by atoms with van der Waals surface area (Å²) in [6.45, 7) is 0.238. The van der Waals surface area contributed by atoms with Crippen LogP contribution in [0.15, 0.2) is 65.8 Å². The van der Waals surface area contributed by atoms with Crippen molar-refractivity contribution in [3.63, 3.8) is 0 Å². The van der Waals surface area contributed by atoms with Gasteiger partial charge in [0.15, 0.2) is 5.65 Å². The lowest BCUT2D eigenvalue weighted by Crippen LogP contribution is -2.21. The van der Waals surface area contributed by atoms with E-state index in [2.05, 4.69) is 10.1 Å². The molecule has 4 rings (SSSR count). The maximum absolute atomic E-state index is 13.0. The van der Waals surface area contributed by atoms with E-state index in [0.717, 1.165) is 17.7 Å². The Labute approximate surface area is 162 Å². The van der Waals surface area contributed by atoms with E-state index in [9.17, 15) is 18.0 Å². The van der Waals surface area contributed by atoms with Crippen LogP contribution in [0.2, 0.25) is 0 Å². The summed E-state index contributed by atoms with van der Waals surface area (Å²) in [4.78, 5) is 17.0. The molecule has 2 heterocycles. The molecule has 0 fully saturated rings. The molecule has 0 saturated carbocycles. The highest BCUT2D eigenvalue weighted by atomic mass is 19.4. The smallest absolute Gasteiger partial charge is 0.294 e. The van der Waals surface area contributed by atoms with Crippen LogP contribution in [-0.4, -0.2) is 19.3 Å². The summed E-state index contributed by atoms with van der Waals surface area (Å²) in [6.07, 6.45) is -1.87. The standard InChI is InChI=1S/C20H12F3N5O/c21-20(22,23)15-2-1-3-16(8-15)28-18-17(10-26-28)19(29)27(12-25-18)11-14-6-4-13(9-24)5-7-14/h1-8,10,12H,11H2. The van der Waals surface area contributed by atoms with Crippen LogP contribution < -0.4 is 5.56 Å². The Morgan fingerprint density at radius 1 is 1.10 bits per heavy atom. The van der Waals surface area contributed by atoms with Gasteiger partial charge in [0.25, 0.3) is 5.56 Å². The molecule has 0 amide bonds. The van der Waals surface area contributed by atoms with E-state index in [0.29, 0.717) is 5.56 Å². The Morgan fingerprint density at radius 2 is 1.86 bits per heavy atom. The first kappa shape index (κ1) is 18.4. The maximum Gasteiger partial charge on any atom is 0.416 e. The average molecular weight is 395 g/mol. The first-order valence-corrected chi connectivity index (χ1v) is 8.46. The van der Waals surface area contributed by atoms with Crippen LogP contribution in [0.4, 0.5) is 13.2 Å². The number of aromatic nitrogens is 4. The number of alkyl halides is 3. The zero-order chi connectivity index (χ0) is 20.6. The summed E-state index contributed by atoms with van der Waals surface area (Å²) < 4.78 is 41.5. The van der Waals surface area contributed by atoms with Crippen molar-refractivity contribution in [3.8, 4) is 11.8 Å². The van der Waals surface area contributed by atoms with Crippen molar-refractivity contribution in [2.75, 3.05) is 0 Å². The highest BCUT2D eigenvalue weighted by Gasteiger charge is 2.30. The van der Waals surface area contributed by atoms with E-state index >= 15 is 0 Å². The van der Waals surface area contributed by atoms with Gasteiger partial charge in [-0.1, -0.05) is 18.2 Å². The lowest BCUT2D eigenvalue weighted by Gasteiger charge is -2.09. The summed E-state index contributed by atoms with van der Waals surface area (Å²) in [7, 11) is 0. The topological polar surface area (TPSA) is 76.5 Å². The molecule has 0 spiro atoms. The van der Waals surface area contributed by atoms with Crippen LogP contribution in [0, 0.1) is 11.3 Å². The van der Waals surface area contributed by atoms with Crippen molar-refractivity contribution >= 4 is 11.0 Å². The molecule has 2 aromatic carbocycles. The summed E-state index contributed by atoms with van der Waals surface area (Å²) >= 11 is 0. The van der Waals surface area contributed by atoms with Gasteiger partial charge in [0, 0.05) is 0 Å². The zero-order valence-electron chi connectivity index (χ0n) is 14.8. The van der Waals surface area contributed by atoms with E-state index in [1.165, 1.54) is 33.9 Å². The van der Waals surface area contributed by atoms with Crippen molar-refractivity contribution < 1.29 is 13.2 Å². The Bertz CT molecular complexity index is 1300. The van der Waals surface area contributed by atoms with Gasteiger partial charge >= 0.3 is 6.18 Å². The molecule has 29 heavy (non-hydrogen) atoms. The fraction of sp³-hybridized carbons (Fsp3) is 0.100. The van der Waals surface area contributed by atoms with Crippen LogP contribution >= 0.6 is 0 Å². The molecular formula is C20H12F3N5O. The molecule has 0 aliphatic carbocycles. The summed E-state index contributed by atoms with van der Waals surface area (Å²) in [5.41, 5.74) is 0.469. The molecule has 0 atom stereocenters. The van der Waals surface area contributed by atoms with Crippen molar-refractivity contribution in [1.82, 2.24) is 19.3 Å². The van der Waals surface area contributed by atoms with Crippen LogP contribution in [0.25, 0.3) is 16.7 Å². The van der Waals surface area contributed by atoms with Crippen molar-refractivity contribution in [2.24, 2.45) is 0 Å². The predicted molar refractivity (Wildman–Crippen MR) is 98.4 cm³/mol. The lowest BCUT2D eigenvalue weighted by molar-refractivity contribution is -0.137. The van der Waals surface area contributed by atoms with Crippen LogP contribution in [0.1, 0.15) is 16.7 Å². The molecule has 4 aromatic rings. The summed E-state index contributed by atoms with van der Waals surface area (Å²) in [6, 6.07) is 13.5. The third kappa shape index (κ3) is 3.48. The van der Waals surface area contributed by atoms with Crippen molar-refractivity contribution in [1.29, 1.82) is 5.26 Å². The van der Waals surface area contributed by atoms with Crippen LogP contribution in [-0.2, 0) is 12.7 Å². The number of hydrogen-bond acceptors (Lipinski definition) is 4. The third-order valence-corrected chi connectivity index (χ3v) is 4.41. The van der Waals surface area contributed by atoms with Gasteiger partial charge in [-0.05, 0) is 35.9 Å². The van der Waals surface area contributed by atoms with Gasteiger partial charge in [0.1, 0.15) is 11.7 Å². The first-order chi connectivity index (χ1) is 13.9. The minimum Gasteiger partial charge on any atom is -0.294 e. The molecule has 0 unspecified atom stereocenters. The van der Waals surface area contributed by atoms with E-state index in [1.54, 1.807) is 24.3 Å². The summed E-state index contributed by atoms with van der Waals surface area (Å²) in [5.74, 6) is 0. The van der Waals surface area contributed by atoms with E-state index in [-0.39, 0.29) is 28.8 Å². The van der Waals surface area contributed by atoms with E-state index < -0.39 is 11.7 Å². The number of nitriles is 1. The second-order valence-corrected chi connectivity index (χ2v) is 6.33. The Kier molecular flexibility index (Phi) is 4.39. The molecule has 2 aromatic heterocycles. The minimum atomic E-state index is -4.49. The Hall–Kier alpha value is -3.93. The molecule has 0 aliphatic heterocycles. The van der Waals surface area contributed by atoms with Gasteiger partial charge in [-0.3, -0.25) is 9.36 Å². The number of hydrogen-bond donors (Lipinski definition) is 0. The van der Waals surface area contributed by atoms with Crippen LogP contribution in [0.5, 0.6) is 0 Å². The number of benzene rings is 2. The second kappa shape index (κ2) is 6.91. The average Bonchev–Trinajstić information content (AvgIpc) is 3.15. The van der Waals surface area contributed by atoms with Gasteiger partial charge in [0.2, 0.25) is 0 Å². The fourth-order valence-corrected chi connectivity index (χ4v) is 2.95. The molecule has 144 valence electrons. The number of nitrogens with zero attached hydrogens (tertiary/aromatic N) is 5. The van der Waals surface area contributed by atoms with Gasteiger partial charge < -0.3 is 0 Å². The van der Waals surface area contributed by atoms with Crippen LogP contribution in [0.3, 0.4) is 0 Å².